The van der Waals surface area contributed by atoms with Crippen LogP contribution in [0.15, 0.2) is 54.6 Å². The number of carbonyl (C=O) groups excluding carboxylic acids is 1. The summed E-state index contributed by atoms with van der Waals surface area (Å²) in [5, 5.41) is 11.3. The van der Waals surface area contributed by atoms with E-state index < -0.39 is 0 Å². The van der Waals surface area contributed by atoms with Gasteiger partial charge in [-0.15, -0.1) is 5.10 Å². The van der Waals surface area contributed by atoms with Crippen LogP contribution in [0.2, 0.25) is 0 Å². The average Bonchev–Trinajstić information content (AvgIpc) is 3.34. The number of likely N-dealkylation sites (tertiary alicyclic amines) is 1. The molecule has 1 unspecified atom stereocenters. The van der Waals surface area contributed by atoms with Crippen LogP contribution >= 0.6 is 0 Å². The minimum absolute atomic E-state index is 0.0409. The van der Waals surface area contributed by atoms with Crippen molar-refractivity contribution in [3.63, 3.8) is 0 Å². The molecule has 134 valence electrons. The number of nitrogens with one attached hydrogen (secondary N) is 1. The van der Waals surface area contributed by atoms with Crippen molar-refractivity contribution in [3.05, 3.63) is 60.2 Å². The number of carbonyl (C=O) groups is 1. The maximum absolute atomic E-state index is 12.5. The Hall–Kier alpha value is -2.73. The van der Waals surface area contributed by atoms with Gasteiger partial charge in [0.15, 0.2) is 0 Å². The summed E-state index contributed by atoms with van der Waals surface area (Å²) in [6.07, 6.45) is 2.45. The Kier molecular flexibility index (Phi) is 4.93. The van der Waals surface area contributed by atoms with E-state index in [1.54, 1.807) is 4.68 Å². The van der Waals surface area contributed by atoms with Crippen LogP contribution in [-0.4, -0.2) is 45.4 Å². The molecule has 1 saturated heterocycles. The lowest BCUT2D eigenvalue weighted by molar-refractivity contribution is -0.122. The zero-order valence-electron chi connectivity index (χ0n) is 14.7. The predicted molar refractivity (Wildman–Crippen MR) is 101 cm³/mol. The van der Waals surface area contributed by atoms with E-state index in [0.717, 1.165) is 24.1 Å². The normalized spacial score (nSPS) is 16.0. The molecule has 1 aliphatic rings. The average molecular weight is 349 g/mol. The summed E-state index contributed by atoms with van der Waals surface area (Å²) in [6.45, 7) is 2.96. The molecule has 1 aliphatic heterocycles. The summed E-state index contributed by atoms with van der Waals surface area (Å²) >= 11 is 0. The van der Waals surface area contributed by atoms with Crippen molar-refractivity contribution in [2.24, 2.45) is 0 Å². The molecule has 3 aromatic rings. The Labute approximate surface area is 152 Å². The quantitative estimate of drug-likeness (QED) is 0.742. The molecule has 2 heterocycles. The van der Waals surface area contributed by atoms with E-state index in [1.165, 1.54) is 18.4 Å². The smallest absolute Gasteiger partial charge is 0.241 e. The number of hydrogen-bond donors (Lipinski definition) is 1. The van der Waals surface area contributed by atoms with Gasteiger partial charge in [0.1, 0.15) is 12.1 Å². The van der Waals surface area contributed by atoms with Crippen molar-refractivity contribution in [1.29, 1.82) is 0 Å². The van der Waals surface area contributed by atoms with Crippen molar-refractivity contribution >= 4 is 16.9 Å². The second-order valence-corrected chi connectivity index (χ2v) is 6.71. The lowest BCUT2D eigenvalue weighted by Gasteiger charge is -2.28. The third kappa shape index (κ3) is 3.60. The number of para-hydroxylation sites is 1. The van der Waals surface area contributed by atoms with E-state index in [1.807, 2.05) is 30.3 Å². The zero-order chi connectivity index (χ0) is 17.8. The highest BCUT2D eigenvalue weighted by Crippen LogP contribution is 2.24. The number of aromatic nitrogens is 3. The highest BCUT2D eigenvalue weighted by molar-refractivity contribution is 5.79. The zero-order valence-corrected chi connectivity index (χ0v) is 14.7. The third-order valence-corrected chi connectivity index (χ3v) is 4.97. The fourth-order valence-electron chi connectivity index (χ4n) is 3.62. The molecular weight excluding hydrogens is 326 g/mol. The third-order valence-electron chi connectivity index (χ3n) is 4.97. The Morgan fingerprint density at radius 3 is 2.58 bits per heavy atom. The lowest BCUT2D eigenvalue weighted by atomic mass is 10.1. The van der Waals surface area contributed by atoms with Crippen LogP contribution in [0.4, 0.5) is 0 Å². The van der Waals surface area contributed by atoms with Crippen LogP contribution in [0.1, 0.15) is 24.4 Å². The van der Waals surface area contributed by atoms with Crippen LogP contribution in [0.3, 0.4) is 0 Å². The van der Waals surface area contributed by atoms with Crippen LogP contribution in [0.5, 0.6) is 0 Å². The maximum atomic E-state index is 12.5. The van der Waals surface area contributed by atoms with Crippen LogP contribution in [-0.2, 0) is 11.3 Å². The minimum atomic E-state index is -0.0409. The maximum Gasteiger partial charge on any atom is 0.241 e. The van der Waals surface area contributed by atoms with Gasteiger partial charge in [0, 0.05) is 6.54 Å². The van der Waals surface area contributed by atoms with Gasteiger partial charge in [0.05, 0.1) is 11.6 Å². The number of benzene rings is 2. The Morgan fingerprint density at radius 1 is 1.04 bits per heavy atom. The van der Waals surface area contributed by atoms with Crippen molar-refractivity contribution in [1.82, 2.24) is 25.2 Å². The Morgan fingerprint density at radius 2 is 1.77 bits per heavy atom. The molecule has 26 heavy (non-hydrogen) atoms. The first-order valence-corrected chi connectivity index (χ1v) is 9.15. The monoisotopic (exact) mass is 349 g/mol. The van der Waals surface area contributed by atoms with Crippen LogP contribution in [0, 0.1) is 0 Å². The number of nitrogens with zero attached hydrogens (tertiary/aromatic N) is 4. The topological polar surface area (TPSA) is 63.1 Å². The molecule has 0 spiro atoms. The number of rotatable bonds is 6. The standard InChI is InChI=1S/C20H23N5O/c26-20(15-25-18-11-5-4-10-17(18)22-23-25)21-14-19(24-12-6-7-13-24)16-8-2-1-3-9-16/h1-5,8-11,19H,6-7,12-15H2,(H,21,26). The van der Waals surface area contributed by atoms with Crippen molar-refractivity contribution < 1.29 is 4.79 Å². The molecule has 4 rings (SSSR count). The highest BCUT2D eigenvalue weighted by atomic mass is 16.2. The summed E-state index contributed by atoms with van der Waals surface area (Å²) in [4.78, 5) is 14.9. The minimum Gasteiger partial charge on any atom is -0.353 e. The lowest BCUT2D eigenvalue weighted by Crippen LogP contribution is -2.38. The molecule has 6 nitrogen and oxygen atoms in total. The van der Waals surface area contributed by atoms with E-state index in [9.17, 15) is 4.79 Å². The van der Waals surface area contributed by atoms with Gasteiger partial charge < -0.3 is 5.32 Å². The van der Waals surface area contributed by atoms with Gasteiger partial charge in [-0.2, -0.15) is 0 Å². The number of hydrogen-bond acceptors (Lipinski definition) is 4. The van der Waals surface area contributed by atoms with E-state index >= 15 is 0 Å². The predicted octanol–water partition coefficient (Wildman–Crippen LogP) is 2.38. The van der Waals surface area contributed by atoms with E-state index in [4.69, 9.17) is 0 Å². The van der Waals surface area contributed by atoms with Gasteiger partial charge >= 0.3 is 0 Å². The second kappa shape index (κ2) is 7.66. The number of amides is 1. The Balaban J connectivity index is 1.43. The molecule has 0 radical (unpaired) electrons. The molecule has 1 atom stereocenters. The van der Waals surface area contributed by atoms with Gasteiger partial charge in [-0.3, -0.25) is 9.69 Å². The van der Waals surface area contributed by atoms with Crippen LogP contribution < -0.4 is 5.32 Å². The summed E-state index contributed by atoms with van der Waals surface area (Å²) in [5.74, 6) is -0.0409. The first-order valence-electron chi connectivity index (χ1n) is 9.15. The molecule has 2 aromatic carbocycles. The molecule has 1 fully saturated rings. The summed E-state index contributed by atoms with van der Waals surface area (Å²) in [7, 11) is 0. The molecule has 0 aliphatic carbocycles. The van der Waals surface area contributed by atoms with E-state index in [2.05, 4.69) is 44.8 Å². The fourth-order valence-corrected chi connectivity index (χ4v) is 3.62. The molecule has 0 saturated carbocycles. The van der Waals surface area contributed by atoms with Crippen molar-refractivity contribution in [3.8, 4) is 0 Å². The molecule has 6 heteroatoms. The number of fused-ring (bicyclic) bond motifs is 1. The SMILES string of the molecule is O=C(Cn1nnc2ccccc21)NCC(c1ccccc1)N1CCCC1. The van der Waals surface area contributed by atoms with Gasteiger partial charge in [-0.05, 0) is 43.6 Å². The molecule has 1 aromatic heterocycles. The van der Waals surface area contributed by atoms with Gasteiger partial charge in [-0.25, -0.2) is 4.68 Å². The van der Waals surface area contributed by atoms with E-state index in [-0.39, 0.29) is 18.5 Å². The fraction of sp³-hybridized carbons (Fsp3) is 0.350. The van der Waals surface area contributed by atoms with Crippen molar-refractivity contribution in [2.75, 3.05) is 19.6 Å². The second-order valence-electron chi connectivity index (χ2n) is 6.71. The summed E-state index contributed by atoms with van der Waals surface area (Å²) in [6, 6.07) is 18.3. The van der Waals surface area contributed by atoms with Gasteiger partial charge in [-0.1, -0.05) is 47.7 Å². The summed E-state index contributed by atoms with van der Waals surface area (Å²) in [5.41, 5.74) is 2.93. The Bertz CT molecular complexity index is 870. The molecule has 1 N–H and O–H groups in total. The molecule has 0 bridgehead atoms. The van der Waals surface area contributed by atoms with Gasteiger partial charge in [0.2, 0.25) is 5.91 Å². The highest BCUT2D eigenvalue weighted by Gasteiger charge is 2.23. The first-order chi connectivity index (χ1) is 12.8. The van der Waals surface area contributed by atoms with Gasteiger partial charge in [0.25, 0.3) is 0 Å². The summed E-state index contributed by atoms with van der Waals surface area (Å²) < 4.78 is 1.65. The largest absolute Gasteiger partial charge is 0.353 e. The molecular formula is C20H23N5O. The molecule has 1 amide bonds. The van der Waals surface area contributed by atoms with Crippen molar-refractivity contribution in [2.45, 2.75) is 25.4 Å². The first kappa shape index (κ1) is 16.7. The van der Waals surface area contributed by atoms with Crippen LogP contribution in [0.25, 0.3) is 11.0 Å². The van der Waals surface area contributed by atoms with E-state index in [0.29, 0.717) is 6.54 Å².